The number of halogens is 1. The number of esters is 1. The fourth-order valence-electron chi connectivity index (χ4n) is 2.36. The van der Waals surface area contributed by atoms with Crippen molar-refractivity contribution in [2.45, 2.75) is 13.8 Å². The number of carbonyl (C=O) groups is 2. The highest BCUT2D eigenvalue weighted by Gasteiger charge is 2.19. The molecule has 0 aliphatic carbocycles. The number of thiazole rings is 1. The van der Waals surface area contributed by atoms with Crippen molar-refractivity contribution in [1.82, 2.24) is 9.97 Å². The van der Waals surface area contributed by atoms with Gasteiger partial charge in [0.15, 0.2) is 5.13 Å². The van der Waals surface area contributed by atoms with Crippen LogP contribution in [0.4, 0.5) is 5.13 Å². The Morgan fingerprint density at radius 1 is 1.38 bits per heavy atom. The van der Waals surface area contributed by atoms with E-state index in [2.05, 4.69) is 15.3 Å². The van der Waals surface area contributed by atoms with Gasteiger partial charge in [-0.2, -0.15) is 0 Å². The number of hydrogen-bond acceptors (Lipinski definition) is 6. The summed E-state index contributed by atoms with van der Waals surface area (Å²) in [6, 6.07) is 4.74. The standard InChI is InChI=1S/C17H14ClN3O4S/c1-3-25-16(24)14-8(2)20-17(26-14)21-15(23)11-7-19-12-6-9(18)4-5-10(12)13(11)22/h4-7H,3H2,1-2H3,(H,19,22)(H,20,21,23). The molecule has 0 bridgehead atoms. The van der Waals surface area contributed by atoms with Crippen LogP contribution in [0.2, 0.25) is 5.02 Å². The van der Waals surface area contributed by atoms with Crippen LogP contribution < -0.4 is 10.7 Å². The molecule has 2 aromatic heterocycles. The maximum absolute atomic E-state index is 12.5. The van der Waals surface area contributed by atoms with E-state index in [1.54, 1.807) is 32.0 Å². The predicted octanol–water partition coefficient (Wildman–Crippen LogP) is 3.38. The van der Waals surface area contributed by atoms with Gasteiger partial charge in [-0.1, -0.05) is 22.9 Å². The number of rotatable bonds is 4. The van der Waals surface area contributed by atoms with E-state index in [1.165, 1.54) is 6.20 Å². The highest BCUT2D eigenvalue weighted by atomic mass is 35.5. The highest BCUT2D eigenvalue weighted by molar-refractivity contribution is 7.17. The second-order valence-corrected chi connectivity index (χ2v) is 6.77. The molecule has 0 radical (unpaired) electrons. The number of amides is 1. The molecule has 2 heterocycles. The number of aromatic nitrogens is 2. The summed E-state index contributed by atoms with van der Waals surface area (Å²) in [6.07, 6.45) is 1.32. The normalized spacial score (nSPS) is 10.7. The number of anilines is 1. The Labute approximate surface area is 157 Å². The van der Waals surface area contributed by atoms with Crippen molar-refractivity contribution in [3.8, 4) is 0 Å². The largest absolute Gasteiger partial charge is 0.462 e. The highest BCUT2D eigenvalue weighted by Crippen LogP contribution is 2.24. The van der Waals surface area contributed by atoms with E-state index in [9.17, 15) is 14.4 Å². The lowest BCUT2D eigenvalue weighted by Crippen LogP contribution is -2.21. The number of pyridine rings is 1. The zero-order chi connectivity index (χ0) is 18.8. The average Bonchev–Trinajstić information content (AvgIpc) is 2.95. The molecule has 1 amide bonds. The number of aromatic amines is 1. The number of hydrogen-bond donors (Lipinski definition) is 2. The van der Waals surface area contributed by atoms with Gasteiger partial charge in [-0.3, -0.25) is 14.9 Å². The molecule has 0 unspecified atom stereocenters. The quantitative estimate of drug-likeness (QED) is 0.664. The SMILES string of the molecule is CCOC(=O)c1sc(NC(=O)c2c[nH]c3cc(Cl)ccc3c2=O)nc1C. The first kappa shape index (κ1) is 18.1. The van der Waals surface area contributed by atoms with Crippen LogP contribution in [0.15, 0.2) is 29.2 Å². The molecule has 134 valence electrons. The minimum atomic E-state index is -0.618. The Bertz CT molecular complexity index is 1070. The van der Waals surface area contributed by atoms with Crippen LogP contribution in [0.3, 0.4) is 0 Å². The third kappa shape index (κ3) is 3.47. The summed E-state index contributed by atoms with van der Waals surface area (Å²) in [5, 5.41) is 3.60. The van der Waals surface area contributed by atoms with Gasteiger partial charge >= 0.3 is 5.97 Å². The van der Waals surface area contributed by atoms with Crippen molar-refractivity contribution in [1.29, 1.82) is 0 Å². The van der Waals surface area contributed by atoms with Gasteiger partial charge in [-0.25, -0.2) is 9.78 Å². The minimum absolute atomic E-state index is 0.0645. The van der Waals surface area contributed by atoms with Gasteiger partial charge in [0.25, 0.3) is 5.91 Å². The lowest BCUT2D eigenvalue weighted by atomic mass is 10.1. The van der Waals surface area contributed by atoms with Crippen LogP contribution in [-0.4, -0.2) is 28.5 Å². The molecule has 0 spiro atoms. The summed E-state index contributed by atoms with van der Waals surface area (Å²) >= 11 is 6.89. The fourth-order valence-corrected chi connectivity index (χ4v) is 3.39. The topological polar surface area (TPSA) is 101 Å². The van der Waals surface area contributed by atoms with E-state index in [1.807, 2.05) is 0 Å². The third-order valence-electron chi connectivity index (χ3n) is 3.57. The lowest BCUT2D eigenvalue weighted by molar-refractivity contribution is 0.0531. The summed E-state index contributed by atoms with van der Waals surface area (Å²) in [7, 11) is 0. The first-order valence-corrected chi connectivity index (χ1v) is 8.87. The van der Waals surface area contributed by atoms with Crippen LogP contribution in [0.25, 0.3) is 10.9 Å². The molecular formula is C17H14ClN3O4S. The lowest BCUT2D eigenvalue weighted by Gasteiger charge is -2.04. The Morgan fingerprint density at radius 3 is 2.88 bits per heavy atom. The number of ether oxygens (including phenoxy) is 1. The maximum Gasteiger partial charge on any atom is 0.350 e. The van der Waals surface area contributed by atoms with Gasteiger partial charge in [0.1, 0.15) is 10.4 Å². The van der Waals surface area contributed by atoms with Crippen molar-refractivity contribution in [2.75, 3.05) is 11.9 Å². The molecule has 0 aliphatic heterocycles. The molecule has 0 saturated carbocycles. The van der Waals surface area contributed by atoms with Crippen molar-refractivity contribution >= 4 is 50.8 Å². The van der Waals surface area contributed by atoms with Gasteiger partial charge in [0.05, 0.1) is 17.8 Å². The first-order valence-electron chi connectivity index (χ1n) is 7.67. The number of nitrogens with zero attached hydrogens (tertiary/aromatic N) is 1. The van der Waals surface area contributed by atoms with E-state index in [4.69, 9.17) is 16.3 Å². The molecule has 1 aromatic carbocycles. The van der Waals surface area contributed by atoms with E-state index < -0.39 is 17.3 Å². The van der Waals surface area contributed by atoms with Gasteiger partial charge in [0, 0.05) is 16.6 Å². The number of fused-ring (bicyclic) bond motifs is 1. The summed E-state index contributed by atoms with van der Waals surface area (Å²) in [5.41, 5.74) is 0.497. The molecule has 3 rings (SSSR count). The van der Waals surface area contributed by atoms with Crippen LogP contribution in [-0.2, 0) is 4.74 Å². The molecule has 0 aliphatic rings. The summed E-state index contributed by atoms with van der Waals surface area (Å²) in [5.74, 6) is -1.12. The summed E-state index contributed by atoms with van der Waals surface area (Å²) < 4.78 is 4.94. The van der Waals surface area contributed by atoms with Crippen LogP contribution in [0.1, 0.15) is 32.6 Å². The Morgan fingerprint density at radius 2 is 2.15 bits per heavy atom. The van der Waals surface area contributed by atoms with E-state index in [-0.39, 0.29) is 17.3 Å². The second kappa shape index (κ2) is 7.27. The molecule has 9 heteroatoms. The smallest absolute Gasteiger partial charge is 0.350 e. The summed E-state index contributed by atoms with van der Waals surface area (Å²) in [6.45, 7) is 3.59. The van der Waals surface area contributed by atoms with Crippen molar-refractivity contribution < 1.29 is 14.3 Å². The molecular weight excluding hydrogens is 378 g/mol. The fraction of sp³-hybridized carbons (Fsp3) is 0.176. The molecule has 26 heavy (non-hydrogen) atoms. The molecule has 7 nitrogen and oxygen atoms in total. The van der Waals surface area contributed by atoms with Crippen LogP contribution in [0.5, 0.6) is 0 Å². The average molecular weight is 392 g/mol. The van der Waals surface area contributed by atoms with Crippen molar-refractivity contribution in [3.63, 3.8) is 0 Å². The maximum atomic E-state index is 12.5. The van der Waals surface area contributed by atoms with Gasteiger partial charge in [-0.15, -0.1) is 0 Å². The van der Waals surface area contributed by atoms with Crippen LogP contribution >= 0.6 is 22.9 Å². The number of H-pyrrole nitrogens is 1. The van der Waals surface area contributed by atoms with Gasteiger partial charge < -0.3 is 9.72 Å². The summed E-state index contributed by atoms with van der Waals surface area (Å²) in [4.78, 5) is 44.1. The van der Waals surface area contributed by atoms with Crippen molar-refractivity contribution in [2.24, 2.45) is 0 Å². The molecule has 0 fully saturated rings. The molecule has 3 aromatic rings. The van der Waals surface area contributed by atoms with Crippen LogP contribution in [0, 0.1) is 6.92 Å². The zero-order valence-electron chi connectivity index (χ0n) is 13.9. The Hall–Kier alpha value is -2.71. The first-order chi connectivity index (χ1) is 12.4. The van der Waals surface area contributed by atoms with Gasteiger partial charge in [-0.05, 0) is 32.0 Å². The van der Waals surface area contributed by atoms with E-state index in [0.29, 0.717) is 26.5 Å². The third-order valence-corrected chi connectivity index (χ3v) is 4.85. The molecule has 0 atom stereocenters. The zero-order valence-corrected chi connectivity index (χ0v) is 15.5. The van der Waals surface area contributed by atoms with Crippen molar-refractivity contribution in [3.05, 3.63) is 55.8 Å². The number of carbonyl (C=O) groups excluding carboxylic acids is 2. The number of benzene rings is 1. The number of nitrogens with one attached hydrogen (secondary N) is 2. The molecule has 0 saturated heterocycles. The van der Waals surface area contributed by atoms with E-state index in [0.717, 1.165) is 11.3 Å². The number of aryl methyl sites for hydroxylation is 1. The minimum Gasteiger partial charge on any atom is -0.462 e. The van der Waals surface area contributed by atoms with E-state index >= 15 is 0 Å². The predicted molar refractivity (Wildman–Crippen MR) is 100 cm³/mol. The second-order valence-electron chi connectivity index (χ2n) is 5.33. The Kier molecular flexibility index (Phi) is 5.06. The van der Waals surface area contributed by atoms with Gasteiger partial charge in [0.2, 0.25) is 5.43 Å². The Balaban J connectivity index is 1.89. The monoisotopic (exact) mass is 391 g/mol. The molecule has 2 N–H and O–H groups in total.